The average Bonchev–Trinajstić information content (AvgIpc) is 2.89. The summed E-state index contributed by atoms with van der Waals surface area (Å²) < 4.78 is 5.76. The number of anilines is 1. The van der Waals surface area contributed by atoms with Gasteiger partial charge >= 0.3 is 0 Å². The number of benzene rings is 3. The lowest BCUT2D eigenvalue weighted by molar-refractivity contribution is 0.0913. The highest BCUT2D eigenvalue weighted by Gasteiger charge is 2.30. The van der Waals surface area contributed by atoms with E-state index < -0.39 is 6.10 Å². The number of nitrogens with zero attached hydrogens (tertiary/aromatic N) is 1. The molecular formula is C22H21NO3. The zero-order chi connectivity index (χ0) is 18.3. The molecule has 4 nitrogen and oxygen atoms in total. The van der Waals surface area contributed by atoms with Crippen LogP contribution < -0.4 is 9.64 Å². The number of hydrogen-bond donors (Lipinski definition) is 1. The standard InChI is InChI=1S/C22H21NO3/c1-14-9-10-20(15(2)11-14)26-13-17(24)12-23-19-8-4-6-16-5-3-7-18(21(16)19)22(23)25/h3-11,17,24H,12-13H2,1-2H3. The second kappa shape index (κ2) is 6.46. The molecule has 132 valence electrons. The molecular weight excluding hydrogens is 326 g/mol. The van der Waals surface area contributed by atoms with E-state index in [9.17, 15) is 9.90 Å². The second-order valence-corrected chi connectivity index (χ2v) is 6.83. The summed E-state index contributed by atoms with van der Waals surface area (Å²) in [6, 6.07) is 17.5. The summed E-state index contributed by atoms with van der Waals surface area (Å²) in [5.74, 6) is 0.690. The fourth-order valence-electron chi connectivity index (χ4n) is 3.57. The van der Waals surface area contributed by atoms with Gasteiger partial charge in [-0.25, -0.2) is 0 Å². The number of aliphatic hydroxyl groups is 1. The number of rotatable bonds is 5. The topological polar surface area (TPSA) is 49.8 Å². The molecule has 0 saturated carbocycles. The number of ether oxygens (including phenoxy) is 1. The van der Waals surface area contributed by atoms with Crippen LogP contribution in [0.25, 0.3) is 10.8 Å². The Balaban J connectivity index is 1.49. The molecule has 1 atom stereocenters. The van der Waals surface area contributed by atoms with Crippen LogP contribution in [0.4, 0.5) is 5.69 Å². The molecule has 0 aromatic heterocycles. The highest BCUT2D eigenvalue weighted by atomic mass is 16.5. The van der Waals surface area contributed by atoms with Gasteiger partial charge in [-0.2, -0.15) is 0 Å². The minimum Gasteiger partial charge on any atom is -0.491 e. The molecule has 1 amide bonds. The van der Waals surface area contributed by atoms with Crippen molar-refractivity contribution < 1.29 is 14.6 Å². The fourth-order valence-corrected chi connectivity index (χ4v) is 3.57. The van der Waals surface area contributed by atoms with E-state index >= 15 is 0 Å². The largest absolute Gasteiger partial charge is 0.491 e. The first-order valence-corrected chi connectivity index (χ1v) is 8.76. The van der Waals surface area contributed by atoms with Crippen LogP contribution in [0.15, 0.2) is 54.6 Å². The quantitative estimate of drug-likeness (QED) is 0.762. The maximum absolute atomic E-state index is 12.8. The maximum atomic E-state index is 12.8. The summed E-state index contributed by atoms with van der Waals surface area (Å²) in [5.41, 5.74) is 3.75. The summed E-state index contributed by atoms with van der Waals surface area (Å²) >= 11 is 0. The van der Waals surface area contributed by atoms with E-state index in [0.29, 0.717) is 5.56 Å². The van der Waals surface area contributed by atoms with Crippen molar-refractivity contribution in [1.29, 1.82) is 0 Å². The third-order valence-corrected chi connectivity index (χ3v) is 4.80. The fraction of sp³-hybridized carbons (Fsp3) is 0.227. The average molecular weight is 347 g/mol. The van der Waals surface area contributed by atoms with E-state index in [2.05, 4.69) is 0 Å². The van der Waals surface area contributed by atoms with E-state index in [-0.39, 0.29) is 19.1 Å². The lowest BCUT2D eigenvalue weighted by Crippen LogP contribution is -2.37. The highest BCUT2D eigenvalue weighted by Crippen LogP contribution is 2.37. The van der Waals surface area contributed by atoms with Gasteiger partial charge in [-0.1, -0.05) is 42.0 Å². The highest BCUT2D eigenvalue weighted by molar-refractivity contribution is 6.25. The number of carbonyl (C=O) groups excluding carboxylic acids is 1. The number of carbonyl (C=O) groups is 1. The molecule has 3 aromatic rings. The van der Waals surface area contributed by atoms with Gasteiger partial charge in [0.1, 0.15) is 18.5 Å². The van der Waals surface area contributed by atoms with Crippen LogP contribution in [-0.2, 0) is 0 Å². The lowest BCUT2D eigenvalue weighted by atomic mass is 10.1. The van der Waals surface area contributed by atoms with E-state index in [4.69, 9.17) is 4.74 Å². The number of amides is 1. The molecule has 0 spiro atoms. The third kappa shape index (κ3) is 2.82. The van der Waals surface area contributed by atoms with Crippen molar-refractivity contribution in [2.75, 3.05) is 18.1 Å². The van der Waals surface area contributed by atoms with Crippen LogP contribution in [0.1, 0.15) is 21.5 Å². The first-order valence-electron chi connectivity index (χ1n) is 8.76. The number of aryl methyl sites for hydroxylation is 2. The van der Waals surface area contributed by atoms with E-state index in [1.165, 1.54) is 5.56 Å². The molecule has 1 heterocycles. The Bertz CT molecular complexity index is 991. The van der Waals surface area contributed by atoms with Gasteiger partial charge in [0.25, 0.3) is 5.91 Å². The summed E-state index contributed by atoms with van der Waals surface area (Å²) in [6.45, 7) is 4.36. The van der Waals surface area contributed by atoms with Gasteiger partial charge in [0.15, 0.2) is 0 Å². The van der Waals surface area contributed by atoms with Crippen molar-refractivity contribution in [3.8, 4) is 5.75 Å². The van der Waals surface area contributed by atoms with Crippen molar-refractivity contribution in [2.45, 2.75) is 20.0 Å². The van der Waals surface area contributed by atoms with Gasteiger partial charge < -0.3 is 14.7 Å². The molecule has 0 radical (unpaired) electrons. The summed E-state index contributed by atoms with van der Waals surface area (Å²) in [7, 11) is 0. The van der Waals surface area contributed by atoms with E-state index in [1.54, 1.807) is 4.90 Å². The Morgan fingerprint density at radius 2 is 1.85 bits per heavy atom. The molecule has 0 aliphatic carbocycles. The molecule has 1 unspecified atom stereocenters. The van der Waals surface area contributed by atoms with Gasteiger partial charge in [0, 0.05) is 10.9 Å². The molecule has 3 aromatic carbocycles. The molecule has 0 bridgehead atoms. The first kappa shape index (κ1) is 16.6. The van der Waals surface area contributed by atoms with E-state index in [0.717, 1.165) is 27.8 Å². The van der Waals surface area contributed by atoms with Crippen LogP contribution in [0.5, 0.6) is 5.75 Å². The molecule has 1 N–H and O–H groups in total. The van der Waals surface area contributed by atoms with Crippen molar-refractivity contribution in [3.63, 3.8) is 0 Å². The van der Waals surface area contributed by atoms with Gasteiger partial charge in [-0.15, -0.1) is 0 Å². The first-order chi connectivity index (χ1) is 12.5. The smallest absolute Gasteiger partial charge is 0.259 e. The monoisotopic (exact) mass is 347 g/mol. The SMILES string of the molecule is Cc1ccc(OCC(O)CN2C(=O)c3cccc4cccc2c34)c(C)c1. The summed E-state index contributed by atoms with van der Waals surface area (Å²) in [6.07, 6.45) is -0.774. The van der Waals surface area contributed by atoms with Crippen molar-refractivity contribution in [2.24, 2.45) is 0 Å². The number of aliphatic hydroxyl groups excluding tert-OH is 1. The Kier molecular flexibility index (Phi) is 4.13. The zero-order valence-corrected chi connectivity index (χ0v) is 14.9. The Labute approximate surface area is 152 Å². The second-order valence-electron chi connectivity index (χ2n) is 6.83. The van der Waals surface area contributed by atoms with Gasteiger partial charge in [0.2, 0.25) is 0 Å². The Hall–Kier alpha value is -2.85. The molecule has 0 saturated heterocycles. The van der Waals surface area contributed by atoms with Gasteiger partial charge in [-0.05, 0) is 43.0 Å². The van der Waals surface area contributed by atoms with Crippen LogP contribution in [0, 0.1) is 13.8 Å². The molecule has 4 rings (SSSR count). The van der Waals surface area contributed by atoms with E-state index in [1.807, 2.05) is 68.4 Å². The molecule has 1 aliphatic heterocycles. The van der Waals surface area contributed by atoms with Crippen LogP contribution in [0.2, 0.25) is 0 Å². The molecule has 0 fully saturated rings. The Morgan fingerprint density at radius 1 is 1.08 bits per heavy atom. The lowest BCUT2D eigenvalue weighted by Gasteiger charge is -2.22. The van der Waals surface area contributed by atoms with Gasteiger partial charge in [-0.3, -0.25) is 4.79 Å². The molecule has 26 heavy (non-hydrogen) atoms. The van der Waals surface area contributed by atoms with Crippen LogP contribution in [-0.4, -0.2) is 30.3 Å². The predicted molar refractivity (Wildman–Crippen MR) is 103 cm³/mol. The maximum Gasteiger partial charge on any atom is 0.259 e. The zero-order valence-electron chi connectivity index (χ0n) is 14.9. The number of hydrogen-bond acceptors (Lipinski definition) is 3. The van der Waals surface area contributed by atoms with Crippen molar-refractivity contribution in [3.05, 3.63) is 71.3 Å². The van der Waals surface area contributed by atoms with Crippen molar-refractivity contribution in [1.82, 2.24) is 0 Å². The normalized spacial score (nSPS) is 14.1. The van der Waals surface area contributed by atoms with Crippen molar-refractivity contribution >= 4 is 22.4 Å². The Morgan fingerprint density at radius 3 is 2.62 bits per heavy atom. The summed E-state index contributed by atoms with van der Waals surface area (Å²) in [4.78, 5) is 14.4. The van der Waals surface area contributed by atoms with Crippen LogP contribution in [0.3, 0.4) is 0 Å². The molecule has 4 heteroatoms. The third-order valence-electron chi connectivity index (χ3n) is 4.80. The molecule has 1 aliphatic rings. The number of β-amino-alcohol motifs (C(OH)–C–C–N with tert-alkyl or cyclic N) is 1. The minimum absolute atomic E-state index is 0.0673. The minimum atomic E-state index is -0.774. The summed E-state index contributed by atoms with van der Waals surface area (Å²) in [5, 5.41) is 12.4. The predicted octanol–water partition coefficient (Wildman–Crippen LogP) is 3.86. The van der Waals surface area contributed by atoms with Gasteiger partial charge in [0.05, 0.1) is 12.2 Å². The van der Waals surface area contributed by atoms with Crippen LogP contribution >= 0.6 is 0 Å².